The molecule has 1 saturated heterocycles. The molecule has 6 nitrogen and oxygen atoms in total. The zero-order valence-electron chi connectivity index (χ0n) is 12.2. The molecule has 0 bridgehead atoms. The molecule has 3 rings (SSSR count). The lowest BCUT2D eigenvalue weighted by atomic mass is 10.2. The molecular formula is C14H19N5OS. The Morgan fingerprint density at radius 1 is 1.57 bits per heavy atom. The number of aromatic nitrogens is 2. The van der Waals surface area contributed by atoms with Crippen molar-refractivity contribution in [3.05, 3.63) is 10.9 Å². The van der Waals surface area contributed by atoms with Gasteiger partial charge in [-0.1, -0.05) is 6.92 Å². The van der Waals surface area contributed by atoms with E-state index >= 15 is 0 Å². The molecular weight excluding hydrogens is 286 g/mol. The Hall–Kier alpha value is -1.89. The summed E-state index contributed by atoms with van der Waals surface area (Å²) in [6.45, 7) is 2.94. The first-order valence-corrected chi connectivity index (χ1v) is 7.99. The monoisotopic (exact) mass is 305 g/mol. The second-order valence-corrected chi connectivity index (χ2v) is 6.27. The van der Waals surface area contributed by atoms with E-state index in [0.717, 1.165) is 41.8 Å². The van der Waals surface area contributed by atoms with Crippen molar-refractivity contribution in [2.24, 2.45) is 0 Å². The van der Waals surface area contributed by atoms with Crippen LogP contribution in [0, 0.1) is 0 Å². The van der Waals surface area contributed by atoms with E-state index in [9.17, 15) is 4.79 Å². The van der Waals surface area contributed by atoms with Crippen LogP contribution in [0.1, 0.15) is 24.6 Å². The number of anilines is 2. The number of rotatable bonds is 3. The molecule has 3 heterocycles. The van der Waals surface area contributed by atoms with E-state index < -0.39 is 0 Å². The van der Waals surface area contributed by atoms with Crippen LogP contribution in [0.2, 0.25) is 0 Å². The molecule has 0 spiro atoms. The van der Waals surface area contributed by atoms with Gasteiger partial charge >= 0.3 is 0 Å². The average molecular weight is 305 g/mol. The van der Waals surface area contributed by atoms with E-state index in [1.165, 1.54) is 4.88 Å². The number of thiophene rings is 1. The van der Waals surface area contributed by atoms with Gasteiger partial charge in [0.2, 0.25) is 11.9 Å². The quantitative estimate of drug-likeness (QED) is 0.899. The number of nitrogens with zero attached hydrogens (tertiary/aromatic N) is 3. The van der Waals surface area contributed by atoms with E-state index in [4.69, 9.17) is 5.73 Å². The fraction of sp³-hybridized carbons (Fsp3) is 0.500. The Morgan fingerprint density at radius 3 is 3.10 bits per heavy atom. The largest absolute Gasteiger partial charge is 0.368 e. The number of hydrogen-bond donors (Lipinski definition) is 2. The van der Waals surface area contributed by atoms with Crippen molar-refractivity contribution in [3.63, 3.8) is 0 Å². The summed E-state index contributed by atoms with van der Waals surface area (Å²) in [5.74, 6) is 1.09. The maximum atomic E-state index is 12.1. The number of nitrogen functional groups attached to an aromatic ring is 1. The van der Waals surface area contributed by atoms with Gasteiger partial charge in [0.25, 0.3) is 0 Å². The van der Waals surface area contributed by atoms with Gasteiger partial charge in [-0.15, -0.1) is 11.3 Å². The number of nitrogens with two attached hydrogens (primary N) is 1. The van der Waals surface area contributed by atoms with E-state index in [0.29, 0.717) is 0 Å². The van der Waals surface area contributed by atoms with Crippen LogP contribution in [0.3, 0.4) is 0 Å². The van der Waals surface area contributed by atoms with Crippen LogP contribution in [0.4, 0.5) is 11.8 Å². The zero-order valence-corrected chi connectivity index (χ0v) is 13.0. The minimum Gasteiger partial charge on any atom is -0.368 e. The highest BCUT2D eigenvalue weighted by atomic mass is 32.1. The Bertz CT molecular complexity index is 683. The highest BCUT2D eigenvalue weighted by Crippen LogP contribution is 2.35. The fourth-order valence-corrected chi connectivity index (χ4v) is 3.79. The minimum atomic E-state index is -0.169. The standard InChI is InChI=1S/C14H19N5OS/c1-3-8-7-9-11(17-14(15)18-13(9)21-8)19-6-4-5-10(19)12(20)16-2/h7,10H,3-6H2,1-2H3,(H,16,20)(H2,15,17,18). The van der Waals surface area contributed by atoms with Crippen LogP contribution in [0.5, 0.6) is 0 Å². The first-order valence-electron chi connectivity index (χ1n) is 7.18. The molecule has 2 aromatic rings. The summed E-state index contributed by atoms with van der Waals surface area (Å²) < 4.78 is 0. The first-order chi connectivity index (χ1) is 10.1. The molecule has 1 aliphatic rings. The maximum absolute atomic E-state index is 12.1. The predicted molar refractivity (Wildman–Crippen MR) is 85.6 cm³/mol. The second-order valence-electron chi connectivity index (χ2n) is 5.16. The van der Waals surface area contributed by atoms with Gasteiger partial charge in [-0.2, -0.15) is 4.98 Å². The fourth-order valence-electron chi connectivity index (χ4n) is 2.82. The topological polar surface area (TPSA) is 84.1 Å². The normalized spacial score (nSPS) is 18.4. The predicted octanol–water partition coefficient (Wildman–Crippen LogP) is 1.55. The summed E-state index contributed by atoms with van der Waals surface area (Å²) in [6, 6.07) is 1.95. The summed E-state index contributed by atoms with van der Waals surface area (Å²) in [6.07, 6.45) is 2.78. The van der Waals surface area contributed by atoms with Crippen LogP contribution in [0.25, 0.3) is 10.2 Å². The minimum absolute atomic E-state index is 0.0313. The van der Waals surface area contributed by atoms with E-state index in [1.54, 1.807) is 18.4 Å². The molecule has 2 aromatic heterocycles. The molecule has 1 aliphatic heterocycles. The van der Waals surface area contributed by atoms with Crippen LogP contribution in [-0.2, 0) is 11.2 Å². The van der Waals surface area contributed by atoms with Gasteiger partial charge < -0.3 is 16.0 Å². The van der Waals surface area contributed by atoms with Crippen molar-refractivity contribution in [1.29, 1.82) is 0 Å². The lowest BCUT2D eigenvalue weighted by molar-refractivity contribution is -0.121. The van der Waals surface area contributed by atoms with Crippen molar-refractivity contribution in [2.45, 2.75) is 32.2 Å². The summed E-state index contributed by atoms with van der Waals surface area (Å²) in [5.41, 5.74) is 5.85. The molecule has 1 atom stereocenters. The van der Waals surface area contributed by atoms with Crippen LogP contribution in [0.15, 0.2) is 6.07 Å². The summed E-state index contributed by atoms with van der Waals surface area (Å²) in [5, 5.41) is 3.73. The van der Waals surface area contributed by atoms with Gasteiger partial charge in [0.15, 0.2) is 0 Å². The smallest absolute Gasteiger partial charge is 0.242 e. The number of carbonyl (C=O) groups excluding carboxylic acids is 1. The third kappa shape index (κ3) is 2.42. The number of amides is 1. The van der Waals surface area contributed by atoms with Crippen molar-refractivity contribution in [2.75, 3.05) is 24.2 Å². The molecule has 0 saturated carbocycles. The highest BCUT2D eigenvalue weighted by Gasteiger charge is 2.32. The van der Waals surface area contributed by atoms with Crippen LogP contribution >= 0.6 is 11.3 Å². The molecule has 1 fully saturated rings. The Balaban J connectivity index is 2.10. The number of carbonyl (C=O) groups is 1. The van der Waals surface area contributed by atoms with Gasteiger partial charge in [-0.05, 0) is 25.3 Å². The molecule has 0 aromatic carbocycles. The summed E-state index contributed by atoms with van der Waals surface area (Å²) in [4.78, 5) is 25.0. The maximum Gasteiger partial charge on any atom is 0.242 e. The van der Waals surface area contributed by atoms with Crippen molar-refractivity contribution >= 4 is 39.2 Å². The molecule has 7 heteroatoms. The Labute approximate surface area is 127 Å². The third-order valence-corrected chi connectivity index (χ3v) is 5.04. The molecule has 3 N–H and O–H groups in total. The van der Waals surface area contributed by atoms with Gasteiger partial charge in [0.05, 0.1) is 5.39 Å². The van der Waals surface area contributed by atoms with Crippen molar-refractivity contribution < 1.29 is 4.79 Å². The van der Waals surface area contributed by atoms with Gasteiger partial charge in [-0.25, -0.2) is 4.98 Å². The highest BCUT2D eigenvalue weighted by molar-refractivity contribution is 7.18. The first kappa shape index (κ1) is 14.1. The molecule has 21 heavy (non-hydrogen) atoms. The van der Waals surface area contributed by atoms with Crippen molar-refractivity contribution in [3.8, 4) is 0 Å². The Kier molecular flexibility index (Phi) is 3.67. The Morgan fingerprint density at radius 2 is 2.38 bits per heavy atom. The van der Waals surface area contributed by atoms with Crippen molar-refractivity contribution in [1.82, 2.24) is 15.3 Å². The number of aryl methyl sites for hydroxylation is 1. The molecule has 1 unspecified atom stereocenters. The number of fused-ring (bicyclic) bond motifs is 1. The number of hydrogen-bond acceptors (Lipinski definition) is 6. The average Bonchev–Trinajstić information content (AvgIpc) is 3.11. The lowest BCUT2D eigenvalue weighted by Gasteiger charge is -2.25. The van der Waals surface area contributed by atoms with E-state index in [2.05, 4.69) is 33.2 Å². The number of likely N-dealkylation sites (N-methyl/N-ethyl adjacent to an activating group) is 1. The molecule has 112 valence electrons. The van der Waals surface area contributed by atoms with Gasteiger partial charge in [0.1, 0.15) is 16.7 Å². The van der Waals surface area contributed by atoms with Crippen LogP contribution in [-0.4, -0.2) is 35.5 Å². The van der Waals surface area contributed by atoms with Crippen LogP contribution < -0.4 is 16.0 Å². The zero-order chi connectivity index (χ0) is 15.0. The van der Waals surface area contributed by atoms with E-state index in [1.807, 2.05) is 0 Å². The SMILES string of the molecule is CCc1cc2c(N3CCCC3C(=O)NC)nc(N)nc2s1. The summed E-state index contributed by atoms with van der Waals surface area (Å²) in [7, 11) is 1.67. The van der Waals surface area contributed by atoms with Gasteiger partial charge in [-0.3, -0.25) is 4.79 Å². The third-order valence-electron chi connectivity index (χ3n) is 3.86. The number of nitrogens with one attached hydrogen (secondary N) is 1. The molecule has 1 amide bonds. The summed E-state index contributed by atoms with van der Waals surface area (Å²) >= 11 is 1.64. The second kappa shape index (κ2) is 5.48. The molecule has 0 radical (unpaired) electrons. The molecule has 0 aliphatic carbocycles. The lowest BCUT2D eigenvalue weighted by Crippen LogP contribution is -2.42. The van der Waals surface area contributed by atoms with Gasteiger partial charge in [0, 0.05) is 18.5 Å². The van der Waals surface area contributed by atoms with E-state index in [-0.39, 0.29) is 17.9 Å².